The number of anilines is 1. The molecule has 0 atom stereocenters. The molecule has 0 aliphatic carbocycles. The molecule has 0 fully saturated rings. The van der Waals surface area contributed by atoms with Crippen LogP contribution in [0.3, 0.4) is 0 Å². The lowest BCUT2D eigenvalue weighted by molar-refractivity contribution is 0.390. The van der Waals surface area contributed by atoms with Gasteiger partial charge in [-0.3, -0.25) is 4.72 Å². The number of rotatable bonds is 6. The average Bonchev–Trinajstić information content (AvgIpc) is 3.33. The summed E-state index contributed by atoms with van der Waals surface area (Å²) in [6.45, 7) is 4.88. The SMILES string of the molecule is Cc1nc(Oc2ccc(NS(=O)(=O)c3c(C)noc3C)cc2)cc(-n2cccn2)n1. The maximum Gasteiger partial charge on any atom is 0.267 e. The number of sulfonamides is 1. The van der Waals surface area contributed by atoms with Gasteiger partial charge >= 0.3 is 0 Å². The van der Waals surface area contributed by atoms with E-state index in [4.69, 9.17) is 9.26 Å². The minimum absolute atomic E-state index is 0.0328. The van der Waals surface area contributed by atoms with Gasteiger partial charge in [-0.05, 0) is 51.1 Å². The standard InChI is InChI=1S/C19H18N6O4S/c1-12-19(13(2)29-23-12)30(26,27)24-15-5-7-16(8-6-15)28-18-11-17(21-14(3)22-18)25-10-4-9-20-25/h4-11,24H,1-3H3. The van der Waals surface area contributed by atoms with E-state index in [1.165, 1.54) is 0 Å². The number of benzene rings is 1. The molecular weight excluding hydrogens is 408 g/mol. The molecule has 3 aromatic heterocycles. The third-order valence-electron chi connectivity index (χ3n) is 4.11. The van der Waals surface area contributed by atoms with Crippen molar-refractivity contribution in [1.82, 2.24) is 24.9 Å². The van der Waals surface area contributed by atoms with Crippen molar-refractivity contribution in [2.45, 2.75) is 25.7 Å². The first-order valence-corrected chi connectivity index (χ1v) is 10.4. The van der Waals surface area contributed by atoms with E-state index in [1.54, 1.807) is 74.2 Å². The van der Waals surface area contributed by atoms with Gasteiger partial charge in [-0.1, -0.05) is 5.16 Å². The van der Waals surface area contributed by atoms with E-state index in [-0.39, 0.29) is 10.7 Å². The average molecular weight is 426 g/mol. The summed E-state index contributed by atoms with van der Waals surface area (Å²) in [5, 5.41) is 7.83. The number of ether oxygens (including phenoxy) is 1. The lowest BCUT2D eigenvalue weighted by Crippen LogP contribution is -2.14. The van der Waals surface area contributed by atoms with Crippen molar-refractivity contribution in [2.24, 2.45) is 0 Å². The predicted octanol–water partition coefficient (Wildman–Crippen LogP) is 3.17. The first kappa shape index (κ1) is 19.6. The summed E-state index contributed by atoms with van der Waals surface area (Å²) in [7, 11) is -3.82. The minimum Gasteiger partial charge on any atom is -0.439 e. The topological polar surface area (TPSA) is 125 Å². The fourth-order valence-electron chi connectivity index (χ4n) is 2.88. The highest BCUT2D eigenvalue weighted by Gasteiger charge is 2.24. The van der Waals surface area contributed by atoms with Crippen LogP contribution in [-0.4, -0.2) is 33.3 Å². The van der Waals surface area contributed by atoms with Gasteiger partial charge in [0.25, 0.3) is 10.0 Å². The fourth-order valence-corrected chi connectivity index (χ4v) is 4.27. The van der Waals surface area contributed by atoms with Crippen LogP contribution >= 0.6 is 0 Å². The van der Waals surface area contributed by atoms with E-state index in [9.17, 15) is 8.42 Å². The molecule has 0 bridgehead atoms. The normalized spacial score (nSPS) is 11.4. The summed E-state index contributed by atoms with van der Waals surface area (Å²) < 4.78 is 40.1. The lowest BCUT2D eigenvalue weighted by Gasteiger charge is -2.10. The molecule has 0 aliphatic rings. The molecule has 1 aromatic carbocycles. The fraction of sp³-hybridized carbons (Fsp3) is 0.158. The maximum absolute atomic E-state index is 12.6. The van der Waals surface area contributed by atoms with Crippen LogP contribution in [-0.2, 0) is 10.0 Å². The lowest BCUT2D eigenvalue weighted by atomic mass is 10.3. The highest BCUT2D eigenvalue weighted by atomic mass is 32.2. The summed E-state index contributed by atoms with van der Waals surface area (Å²) >= 11 is 0. The molecule has 154 valence electrons. The Bertz CT molecular complexity index is 1260. The predicted molar refractivity (Wildman–Crippen MR) is 107 cm³/mol. The maximum atomic E-state index is 12.6. The third-order valence-corrected chi connectivity index (χ3v) is 5.73. The van der Waals surface area contributed by atoms with E-state index >= 15 is 0 Å². The number of nitrogens with zero attached hydrogens (tertiary/aromatic N) is 5. The van der Waals surface area contributed by atoms with Crippen molar-refractivity contribution < 1.29 is 17.7 Å². The zero-order chi connectivity index (χ0) is 21.3. The summed E-state index contributed by atoms with van der Waals surface area (Å²) in [6.07, 6.45) is 3.42. The zero-order valence-electron chi connectivity index (χ0n) is 16.4. The molecule has 10 nitrogen and oxygen atoms in total. The van der Waals surface area contributed by atoms with Gasteiger partial charge in [0.05, 0.1) is 0 Å². The Kier molecular flexibility index (Phi) is 4.96. The van der Waals surface area contributed by atoms with Gasteiger partial charge in [0.15, 0.2) is 16.5 Å². The molecule has 0 saturated heterocycles. The summed E-state index contributed by atoms with van der Waals surface area (Å²) in [5.74, 6) is 2.16. The number of nitrogens with one attached hydrogen (secondary N) is 1. The van der Waals surface area contributed by atoms with Crippen LogP contribution in [0.1, 0.15) is 17.3 Å². The Balaban J connectivity index is 1.52. The number of aromatic nitrogens is 5. The van der Waals surface area contributed by atoms with Crippen molar-refractivity contribution in [1.29, 1.82) is 0 Å². The van der Waals surface area contributed by atoms with Crippen LogP contribution < -0.4 is 9.46 Å². The molecule has 4 rings (SSSR count). The van der Waals surface area contributed by atoms with E-state index in [1.807, 2.05) is 0 Å². The van der Waals surface area contributed by atoms with Crippen LogP contribution in [0.15, 0.2) is 58.2 Å². The third kappa shape index (κ3) is 4.01. The first-order valence-electron chi connectivity index (χ1n) is 8.91. The molecule has 0 radical (unpaired) electrons. The van der Waals surface area contributed by atoms with Crippen LogP contribution in [0.5, 0.6) is 11.6 Å². The Morgan fingerprint density at radius 2 is 1.87 bits per heavy atom. The second-order valence-corrected chi connectivity index (χ2v) is 8.07. The second-order valence-electron chi connectivity index (χ2n) is 6.45. The summed E-state index contributed by atoms with van der Waals surface area (Å²) in [4.78, 5) is 8.63. The van der Waals surface area contributed by atoms with Crippen molar-refractivity contribution >= 4 is 15.7 Å². The van der Waals surface area contributed by atoms with Crippen LogP contribution in [0, 0.1) is 20.8 Å². The smallest absolute Gasteiger partial charge is 0.267 e. The van der Waals surface area contributed by atoms with Gasteiger partial charge in [0.1, 0.15) is 17.3 Å². The Labute approximate surface area is 172 Å². The van der Waals surface area contributed by atoms with Crippen LogP contribution in [0.2, 0.25) is 0 Å². The molecule has 0 saturated carbocycles. The quantitative estimate of drug-likeness (QED) is 0.498. The van der Waals surface area contributed by atoms with E-state index < -0.39 is 10.0 Å². The molecule has 0 unspecified atom stereocenters. The molecule has 0 amide bonds. The first-order chi connectivity index (χ1) is 14.3. The molecular formula is C19H18N6O4S. The van der Waals surface area contributed by atoms with E-state index in [0.29, 0.717) is 34.7 Å². The van der Waals surface area contributed by atoms with Crippen molar-refractivity contribution in [2.75, 3.05) is 4.72 Å². The van der Waals surface area contributed by atoms with Gasteiger partial charge in [-0.2, -0.15) is 10.1 Å². The Hall–Kier alpha value is -3.73. The summed E-state index contributed by atoms with van der Waals surface area (Å²) in [5.41, 5.74) is 0.672. The second kappa shape index (κ2) is 7.59. The van der Waals surface area contributed by atoms with E-state index in [2.05, 4.69) is 24.9 Å². The molecule has 4 aromatic rings. The van der Waals surface area contributed by atoms with Gasteiger partial charge in [0.2, 0.25) is 5.88 Å². The molecule has 30 heavy (non-hydrogen) atoms. The van der Waals surface area contributed by atoms with Gasteiger partial charge in [-0.15, -0.1) is 0 Å². The highest BCUT2D eigenvalue weighted by molar-refractivity contribution is 7.92. The molecule has 0 aliphatic heterocycles. The van der Waals surface area contributed by atoms with Crippen molar-refractivity contribution in [3.05, 3.63) is 66.1 Å². The monoisotopic (exact) mass is 426 g/mol. The zero-order valence-corrected chi connectivity index (χ0v) is 17.2. The van der Waals surface area contributed by atoms with Crippen molar-refractivity contribution in [3.8, 4) is 17.4 Å². The van der Waals surface area contributed by atoms with Gasteiger partial charge in [0, 0.05) is 24.1 Å². The van der Waals surface area contributed by atoms with E-state index in [0.717, 1.165) is 0 Å². The molecule has 11 heteroatoms. The van der Waals surface area contributed by atoms with Crippen LogP contribution in [0.25, 0.3) is 5.82 Å². The number of hydrogen-bond donors (Lipinski definition) is 1. The molecule has 0 spiro atoms. The van der Waals surface area contributed by atoms with Crippen molar-refractivity contribution in [3.63, 3.8) is 0 Å². The molecule has 3 heterocycles. The number of hydrogen-bond acceptors (Lipinski definition) is 8. The van der Waals surface area contributed by atoms with Gasteiger partial charge < -0.3 is 9.26 Å². The summed E-state index contributed by atoms with van der Waals surface area (Å²) in [6, 6.07) is 9.90. The minimum atomic E-state index is -3.82. The van der Waals surface area contributed by atoms with Crippen LogP contribution in [0.4, 0.5) is 5.69 Å². The largest absolute Gasteiger partial charge is 0.439 e. The Morgan fingerprint density at radius 3 is 2.50 bits per heavy atom. The number of aryl methyl sites for hydroxylation is 3. The Morgan fingerprint density at radius 1 is 1.10 bits per heavy atom. The van der Waals surface area contributed by atoms with Gasteiger partial charge in [-0.25, -0.2) is 18.1 Å². The molecule has 1 N–H and O–H groups in total. The highest BCUT2D eigenvalue weighted by Crippen LogP contribution is 2.26.